The third-order valence-electron chi connectivity index (χ3n) is 8.31. The number of carboxylic acid groups (broad SMARTS) is 1. The monoisotopic (exact) mass is 558 g/mol. The second-order valence-electron chi connectivity index (χ2n) is 11.3. The third-order valence-corrected chi connectivity index (χ3v) is 8.31. The minimum absolute atomic E-state index is 0.0170. The largest absolute Gasteiger partial charge is 0.481 e. The molecule has 0 unspecified atom stereocenters. The first kappa shape index (κ1) is 28.5. The molecule has 4 atom stereocenters. The van der Waals surface area contributed by atoms with Crippen LogP contribution >= 0.6 is 0 Å². The van der Waals surface area contributed by atoms with Crippen molar-refractivity contribution in [3.05, 3.63) is 71.9 Å². The van der Waals surface area contributed by atoms with Crippen LogP contribution in [0.1, 0.15) is 49.7 Å². The number of para-hydroxylation sites is 1. The maximum absolute atomic E-state index is 13.5. The fourth-order valence-corrected chi connectivity index (χ4v) is 6.21. The number of carbonyl (C=O) groups is 4. The molecule has 2 aliphatic heterocycles. The zero-order chi connectivity index (χ0) is 28.8. The molecule has 2 fully saturated rings. The first-order chi connectivity index (χ1) is 19.9. The summed E-state index contributed by atoms with van der Waals surface area (Å²) in [4.78, 5) is 56.9. The van der Waals surface area contributed by atoms with Crippen molar-refractivity contribution < 1.29 is 24.3 Å². The molecule has 3 heterocycles. The quantitative estimate of drug-likeness (QED) is 0.270. The van der Waals surface area contributed by atoms with Crippen molar-refractivity contribution in [2.24, 2.45) is 5.92 Å². The summed E-state index contributed by atoms with van der Waals surface area (Å²) < 4.78 is 0. The van der Waals surface area contributed by atoms with Gasteiger partial charge in [0.1, 0.15) is 11.8 Å². The number of rotatable bonds is 12. The summed E-state index contributed by atoms with van der Waals surface area (Å²) in [6.07, 6.45) is 5.42. The van der Waals surface area contributed by atoms with Crippen molar-refractivity contribution in [3.63, 3.8) is 0 Å². The number of ketones is 1. The van der Waals surface area contributed by atoms with Crippen LogP contribution in [-0.4, -0.2) is 69.8 Å². The molecule has 5 rings (SSSR count). The van der Waals surface area contributed by atoms with E-state index in [-0.39, 0.29) is 42.9 Å². The molecule has 0 bridgehead atoms. The van der Waals surface area contributed by atoms with Crippen molar-refractivity contribution in [1.82, 2.24) is 20.5 Å². The van der Waals surface area contributed by atoms with Crippen molar-refractivity contribution in [2.45, 2.75) is 69.5 Å². The summed E-state index contributed by atoms with van der Waals surface area (Å²) in [6, 6.07) is 16.0. The number of benzene rings is 2. The van der Waals surface area contributed by atoms with Crippen LogP contribution in [0.4, 0.5) is 0 Å². The number of carbonyl (C=O) groups excluding carboxylic acids is 3. The average Bonchev–Trinajstić information content (AvgIpc) is 3.74. The number of fused-ring (bicyclic) bond motifs is 1. The highest BCUT2D eigenvalue weighted by atomic mass is 16.4. The van der Waals surface area contributed by atoms with E-state index in [1.807, 2.05) is 54.6 Å². The molecule has 3 aromatic rings. The zero-order valence-electron chi connectivity index (χ0n) is 23.2. The summed E-state index contributed by atoms with van der Waals surface area (Å²) in [7, 11) is 0. The molecule has 9 nitrogen and oxygen atoms in total. The second kappa shape index (κ2) is 13.1. The lowest BCUT2D eigenvalue weighted by molar-refractivity contribution is -0.143. The lowest BCUT2D eigenvalue weighted by Gasteiger charge is -2.28. The van der Waals surface area contributed by atoms with Crippen LogP contribution in [0, 0.1) is 5.92 Å². The van der Waals surface area contributed by atoms with E-state index in [2.05, 4.69) is 15.6 Å². The number of hydrogen-bond acceptors (Lipinski definition) is 5. The lowest BCUT2D eigenvalue weighted by atomic mass is 9.91. The Morgan fingerprint density at radius 3 is 2.49 bits per heavy atom. The molecule has 0 saturated carbocycles. The van der Waals surface area contributed by atoms with Gasteiger partial charge >= 0.3 is 5.97 Å². The van der Waals surface area contributed by atoms with E-state index < -0.39 is 24.0 Å². The number of aliphatic carboxylic acids is 1. The standard InChI is InChI=1S/C32H38N4O5/c37-25(18-22(32(40)41)17-23-20-34-27-11-5-4-10-26(23)27)19-24(16-21-8-2-1-3-9-21)35-30(38)29-13-7-15-36(29)31(39)28-12-6-14-33-28/h1-5,8-11,20,22,24,28-29,33-34H,6-7,12-19H2,(H,35,38)(H,40,41)/t22-,24+,28+,29+/m1/s1. The molecule has 0 spiro atoms. The van der Waals surface area contributed by atoms with Gasteiger partial charge in [-0.15, -0.1) is 0 Å². The van der Waals surface area contributed by atoms with Crippen LogP contribution in [-0.2, 0) is 32.0 Å². The molecule has 2 saturated heterocycles. The molecule has 2 amide bonds. The summed E-state index contributed by atoms with van der Waals surface area (Å²) in [5.74, 6) is -2.40. The Bertz CT molecular complexity index is 1380. The second-order valence-corrected chi connectivity index (χ2v) is 11.3. The molecule has 216 valence electrons. The molecule has 2 aromatic carbocycles. The number of hydrogen-bond donors (Lipinski definition) is 4. The van der Waals surface area contributed by atoms with Gasteiger partial charge in [-0.05, 0) is 62.3 Å². The molecular formula is C32H38N4O5. The molecular weight excluding hydrogens is 520 g/mol. The van der Waals surface area contributed by atoms with Crippen LogP contribution in [0.5, 0.6) is 0 Å². The van der Waals surface area contributed by atoms with Crippen molar-refractivity contribution >= 4 is 34.5 Å². The highest BCUT2D eigenvalue weighted by molar-refractivity contribution is 5.91. The average molecular weight is 559 g/mol. The van der Waals surface area contributed by atoms with Crippen LogP contribution in [0.3, 0.4) is 0 Å². The molecule has 1 aromatic heterocycles. The molecule has 41 heavy (non-hydrogen) atoms. The van der Waals surface area contributed by atoms with Gasteiger partial charge in [-0.1, -0.05) is 48.5 Å². The number of carboxylic acids is 1. The van der Waals surface area contributed by atoms with Gasteiger partial charge in [0.15, 0.2) is 0 Å². The van der Waals surface area contributed by atoms with E-state index in [1.54, 1.807) is 11.1 Å². The van der Waals surface area contributed by atoms with E-state index in [1.165, 1.54) is 0 Å². The van der Waals surface area contributed by atoms with Crippen LogP contribution in [0.15, 0.2) is 60.8 Å². The van der Waals surface area contributed by atoms with E-state index in [4.69, 9.17) is 0 Å². The first-order valence-corrected chi connectivity index (χ1v) is 14.6. The minimum atomic E-state index is -1.02. The maximum atomic E-state index is 13.5. The topological polar surface area (TPSA) is 132 Å². The van der Waals surface area contributed by atoms with Crippen LogP contribution < -0.4 is 10.6 Å². The van der Waals surface area contributed by atoms with E-state index in [0.29, 0.717) is 19.4 Å². The number of Topliss-reactive ketones (excluding diaryl/α,β-unsaturated/α-hetero) is 1. The Hall–Kier alpha value is -3.98. The van der Waals surface area contributed by atoms with Gasteiger partial charge in [-0.3, -0.25) is 19.2 Å². The molecule has 9 heteroatoms. The molecule has 2 aliphatic rings. The molecule has 0 aliphatic carbocycles. The Morgan fingerprint density at radius 1 is 0.951 bits per heavy atom. The number of nitrogens with one attached hydrogen (secondary N) is 3. The number of H-pyrrole nitrogens is 1. The van der Waals surface area contributed by atoms with Gasteiger partial charge in [0.2, 0.25) is 11.8 Å². The van der Waals surface area contributed by atoms with Gasteiger partial charge in [0.25, 0.3) is 0 Å². The first-order valence-electron chi connectivity index (χ1n) is 14.6. The molecule has 0 radical (unpaired) electrons. The smallest absolute Gasteiger partial charge is 0.307 e. The van der Waals surface area contributed by atoms with Crippen LogP contribution in [0.25, 0.3) is 10.9 Å². The van der Waals surface area contributed by atoms with Crippen molar-refractivity contribution in [2.75, 3.05) is 13.1 Å². The predicted molar refractivity (Wildman–Crippen MR) is 155 cm³/mol. The SMILES string of the molecule is O=C(C[C@H](Cc1ccccc1)NC(=O)[C@@H]1CCCN1C(=O)[C@@H]1CCCN1)C[C@@H](Cc1c[nH]c2ccccc12)C(=O)O. The number of amides is 2. The lowest BCUT2D eigenvalue weighted by Crippen LogP contribution is -2.53. The fourth-order valence-electron chi connectivity index (χ4n) is 6.21. The Morgan fingerprint density at radius 2 is 1.73 bits per heavy atom. The normalized spacial score (nSPS) is 20.1. The predicted octanol–water partition coefficient (Wildman–Crippen LogP) is 3.23. The number of nitrogens with zero attached hydrogens (tertiary/aromatic N) is 1. The summed E-state index contributed by atoms with van der Waals surface area (Å²) in [6.45, 7) is 1.35. The Labute approximate surface area is 239 Å². The highest BCUT2D eigenvalue weighted by Gasteiger charge is 2.38. The third kappa shape index (κ3) is 7.03. The highest BCUT2D eigenvalue weighted by Crippen LogP contribution is 2.24. The van der Waals surface area contributed by atoms with Gasteiger partial charge in [-0.2, -0.15) is 0 Å². The molecule has 4 N–H and O–H groups in total. The minimum Gasteiger partial charge on any atom is -0.481 e. The Balaban J connectivity index is 1.26. The summed E-state index contributed by atoms with van der Waals surface area (Å²) in [5.41, 5.74) is 2.75. The van der Waals surface area contributed by atoms with E-state index in [9.17, 15) is 24.3 Å². The van der Waals surface area contributed by atoms with Crippen molar-refractivity contribution in [1.29, 1.82) is 0 Å². The Kier molecular flexibility index (Phi) is 9.14. The number of aromatic amines is 1. The summed E-state index contributed by atoms with van der Waals surface area (Å²) >= 11 is 0. The maximum Gasteiger partial charge on any atom is 0.307 e. The number of likely N-dealkylation sites (tertiary alicyclic amines) is 1. The van der Waals surface area contributed by atoms with Gasteiger partial charge in [0, 0.05) is 42.5 Å². The van der Waals surface area contributed by atoms with Crippen LogP contribution in [0.2, 0.25) is 0 Å². The number of aromatic nitrogens is 1. The fraction of sp³-hybridized carbons (Fsp3) is 0.438. The van der Waals surface area contributed by atoms with E-state index in [0.717, 1.165) is 47.8 Å². The van der Waals surface area contributed by atoms with Crippen molar-refractivity contribution in [3.8, 4) is 0 Å². The van der Waals surface area contributed by atoms with Gasteiger partial charge < -0.3 is 25.6 Å². The van der Waals surface area contributed by atoms with Gasteiger partial charge in [-0.25, -0.2) is 0 Å². The van der Waals surface area contributed by atoms with Gasteiger partial charge in [0.05, 0.1) is 12.0 Å². The van der Waals surface area contributed by atoms with E-state index >= 15 is 0 Å². The zero-order valence-corrected chi connectivity index (χ0v) is 23.2. The summed E-state index contributed by atoms with van der Waals surface area (Å²) in [5, 5.41) is 17.2.